The lowest BCUT2D eigenvalue weighted by Crippen LogP contribution is -2.37. The molecule has 0 aromatic carbocycles. The minimum Gasteiger partial charge on any atom is -0.493 e. The summed E-state index contributed by atoms with van der Waals surface area (Å²) in [7, 11) is 3.48. The highest BCUT2D eigenvalue weighted by atomic mass is 16.5. The average Bonchev–Trinajstić information content (AvgIpc) is 2.66. The summed E-state index contributed by atoms with van der Waals surface area (Å²) in [5.41, 5.74) is 0.0291. The van der Waals surface area contributed by atoms with Gasteiger partial charge < -0.3 is 9.84 Å². The third-order valence-corrected chi connectivity index (χ3v) is 4.21. The normalized spacial score (nSPS) is 33.7. The van der Waals surface area contributed by atoms with E-state index in [1.807, 2.05) is 7.05 Å². The molecule has 0 radical (unpaired) electrons. The van der Waals surface area contributed by atoms with Gasteiger partial charge >= 0.3 is 0 Å². The molecule has 17 heavy (non-hydrogen) atoms. The van der Waals surface area contributed by atoms with Gasteiger partial charge in [0.2, 0.25) is 0 Å². The number of aromatic nitrogens is 2. The fourth-order valence-corrected chi connectivity index (χ4v) is 2.90. The summed E-state index contributed by atoms with van der Waals surface area (Å²) in [5.74, 6) is 1.89. The summed E-state index contributed by atoms with van der Waals surface area (Å²) in [6.07, 6.45) is 4.29. The lowest BCUT2D eigenvalue weighted by molar-refractivity contribution is -0.0413. The van der Waals surface area contributed by atoms with Crippen LogP contribution in [0, 0.1) is 11.8 Å². The molecule has 1 saturated carbocycles. The van der Waals surface area contributed by atoms with Gasteiger partial charge in [0.1, 0.15) is 11.3 Å². The summed E-state index contributed by atoms with van der Waals surface area (Å²) in [6.45, 7) is 4.46. The predicted molar refractivity (Wildman–Crippen MR) is 65.8 cm³/mol. The van der Waals surface area contributed by atoms with Gasteiger partial charge in [0, 0.05) is 7.05 Å². The Balaban J connectivity index is 2.34. The molecule has 0 spiro atoms. The van der Waals surface area contributed by atoms with Crippen molar-refractivity contribution in [1.82, 2.24) is 9.78 Å². The van der Waals surface area contributed by atoms with E-state index in [9.17, 15) is 5.11 Å². The first-order chi connectivity index (χ1) is 7.98. The molecule has 1 heterocycles. The van der Waals surface area contributed by atoms with Gasteiger partial charge in [-0.1, -0.05) is 13.8 Å². The molecule has 0 aliphatic heterocycles. The molecule has 96 valence electrons. The summed E-state index contributed by atoms with van der Waals surface area (Å²) in [4.78, 5) is 0. The molecule has 3 unspecified atom stereocenters. The largest absolute Gasteiger partial charge is 0.493 e. The van der Waals surface area contributed by atoms with Crippen molar-refractivity contribution in [1.29, 1.82) is 0 Å². The van der Waals surface area contributed by atoms with Crippen LogP contribution in [0.3, 0.4) is 0 Å². The first kappa shape index (κ1) is 12.4. The number of methoxy groups -OCH3 is 1. The second-order valence-electron chi connectivity index (χ2n) is 5.41. The zero-order chi connectivity index (χ0) is 12.6. The number of nitrogens with zero attached hydrogens (tertiary/aromatic N) is 2. The van der Waals surface area contributed by atoms with Crippen LogP contribution in [0.5, 0.6) is 5.75 Å². The standard InChI is InChI=1S/C13H22N2O2/c1-9-5-6-13(16,7-10(9)2)12-11(17-4)8-14-15(12)3/h8-10,16H,5-7H2,1-4H3. The second kappa shape index (κ2) is 4.33. The monoisotopic (exact) mass is 238 g/mol. The van der Waals surface area contributed by atoms with Crippen molar-refractivity contribution in [2.24, 2.45) is 18.9 Å². The Morgan fingerprint density at radius 2 is 2.18 bits per heavy atom. The molecule has 3 atom stereocenters. The van der Waals surface area contributed by atoms with Gasteiger partial charge in [-0.25, -0.2) is 0 Å². The number of aryl methyl sites for hydroxylation is 1. The molecule has 2 rings (SSSR count). The van der Waals surface area contributed by atoms with Gasteiger partial charge in [-0.15, -0.1) is 0 Å². The first-order valence-corrected chi connectivity index (χ1v) is 6.27. The van der Waals surface area contributed by atoms with Gasteiger partial charge in [-0.3, -0.25) is 4.68 Å². The summed E-state index contributed by atoms with van der Waals surface area (Å²) in [5, 5.41) is 15.1. The molecule has 4 nitrogen and oxygen atoms in total. The maximum atomic E-state index is 10.9. The Kier molecular flexibility index (Phi) is 3.17. The summed E-state index contributed by atoms with van der Waals surface area (Å²) >= 11 is 0. The second-order valence-corrected chi connectivity index (χ2v) is 5.41. The zero-order valence-corrected chi connectivity index (χ0v) is 11.1. The lowest BCUT2D eigenvalue weighted by atomic mass is 9.72. The van der Waals surface area contributed by atoms with Crippen LogP contribution in [0.1, 0.15) is 38.8 Å². The summed E-state index contributed by atoms with van der Waals surface area (Å²) < 4.78 is 7.04. The van der Waals surface area contributed by atoms with Gasteiger partial charge in [0.25, 0.3) is 0 Å². The van der Waals surface area contributed by atoms with Crippen LogP contribution in [0.25, 0.3) is 0 Å². The van der Waals surface area contributed by atoms with Gasteiger partial charge in [0.05, 0.1) is 13.3 Å². The van der Waals surface area contributed by atoms with Crippen LogP contribution in [-0.2, 0) is 12.6 Å². The van der Waals surface area contributed by atoms with Gasteiger partial charge in [-0.2, -0.15) is 5.10 Å². The van der Waals surface area contributed by atoms with Crippen LogP contribution >= 0.6 is 0 Å². The number of aliphatic hydroxyl groups is 1. The van der Waals surface area contributed by atoms with Crippen molar-refractivity contribution < 1.29 is 9.84 Å². The minimum atomic E-state index is -0.789. The maximum absolute atomic E-state index is 10.9. The van der Waals surface area contributed by atoms with E-state index in [1.165, 1.54) is 0 Å². The summed E-state index contributed by atoms with van der Waals surface area (Å²) in [6, 6.07) is 0. The molecular formula is C13H22N2O2. The highest BCUT2D eigenvalue weighted by Gasteiger charge is 2.41. The van der Waals surface area contributed by atoms with Crippen LogP contribution in [-0.4, -0.2) is 22.0 Å². The molecule has 1 aromatic rings. The molecular weight excluding hydrogens is 216 g/mol. The molecule has 0 bridgehead atoms. The van der Waals surface area contributed by atoms with E-state index in [0.29, 0.717) is 17.6 Å². The SMILES string of the molecule is COc1cnn(C)c1C1(O)CCC(C)C(C)C1. The average molecular weight is 238 g/mol. The van der Waals surface area contributed by atoms with Gasteiger partial charge in [0.15, 0.2) is 5.75 Å². The Hall–Kier alpha value is -1.03. The molecule has 1 aliphatic carbocycles. The molecule has 1 N–H and O–H groups in total. The predicted octanol–water partition coefficient (Wildman–Crippen LogP) is 2.07. The van der Waals surface area contributed by atoms with E-state index in [4.69, 9.17) is 4.74 Å². The van der Waals surface area contributed by atoms with Gasteiger partial charge in [-0.05, 0) is 31.1 Å². The van der Waals surface area contributed by atoms with Crippen molar-refractivity contribution in [3.8, 4) is 5.75 Å². The molecule has 0 amide bonds. The fourth-order valence-electron chi connectivity index (χ4n) is 2.90. The quantitative estimate of drug-likeness (QED) is 0.858. The van der Waals surface area contributed by atoms with Crippen LogP contribution in [0.4, 0.5) is 0 Å². The van der Waals surface area contributed by atoms with E-state index in [2.05, 4.69) is 18.9 Å². The van der Waals surface area contributed by atoms with E-state index >= 15 is 0 Å². The third-order valence-electron chi connectivity index (χ3n) is 4.21. The van der Waals surface area contributed by atoms with E-state index < -0.39 is 5.60 Å². The fraction of sp³-hybridized carbons (Fsp3) is 0.769. The van der Waals surface area contributed by atoms with Crippen molar-refractivity contribution in [3.63, 3.8) is 0 Å². The number of hydrogen-bond acceptors (Lipinski definition) is 3. The smallest absolute Gasteiger partial charge is 0.162 e. The highest BCUT2D eigenvalue weighted by molar-refractivity contribution is 5.31. The first-order valence-electron chi connectivity index (χ1n) is 6.27. The third kappa shape index (κ3) is 2.06. The van der Waals surface area contributed by atoms with Crippen LogP contribution in [0.2, 0.25) is 0 Å². The van der Waals surface area contributed by atoms with Crippen molar-refractivity contribution >= 4 is 0 Å². The Labute approximate surface area is 103 Å². The topological polar surface area (TPSA) is 47.3 Å². The van der Waals surface area contributed by atoms with Crippen molar-refractivity contribution in [2.45, 2.75) is 38.7 Å². The van der Waals surface area contributed by atoms with Crippen LogP contribution < -0.4 is 4.74 Å². The van der Waals surface area contributed by atoms with Crippen molar-refractivity contribution in [3.05, 3.63) is 11.9 Å². The van der Waals surface area contributed by atoms with E-state index in [1.54, 1.807) is 18.0 Å². The molecule has 1 fully saturated rings. The molecule has 4 heteroatoms. The Morgan fingerprint density at radius 1 is 1.47 bits per heavy atom. The van der Waals surface area contributed by atoms with Crippen molar-refractivity contribution in [2.75, 3.05) is 7.11 Å². The lowest BCUT2D eigenvalue weighted by Gasteiger charge is -2.39. The van der Waals surface area contributed by atoms with E-state index in [-0.39, 0.29) is 0 Å². The Bertz CT molecular complexity index is 402. The van der Waals surface area contributed by atoms with Crippen LogP contribution in [0.15, 0.2) is 6.20 Å². The number of ether oxygens (including phenoxy) is 1. The van der Waals surface area contributed by atoms with E-state index in [0.717, 1.165) is 25.0 Å². The Morgan fingerprint density at radius 3 is 2.76 bits per heavy atom. The molecule has 1 aliphatic rings. The molecule has 0 saturated heterocycles. The highest BCUT2D eigenvalue weighted by Crippen LogP contribution is 2.44. The number of hydrogen-bond donors (Lipinski definition) is 1. The minimum absolute atomic E-state index is 0.522. The maximum Gasteiger partial charge on any atom is 0.162 e. The number of rotatable bonds is 2. The molecule has 1 aromatic heterocycles. The zero-order valence-electron chi connectivity index (χ0n) is 11.1.